The molecule has 0 saturated carbocycles. The highest BCUT2D eigenvalue weighted by Crippen LogP contribution is 2.19. The van der Waals surface area contributed by atoms with Crippen molar-refractivity contribution in [3.63, 3.8) is 0 Å². The van der Waals surface area contributed by atoms with Crippen LogP contribution in [-0.2, 0) is 6.61 Å². The molecule has 21 heavy (non-hydrogen) atoms. The molecule has 0 unspecified atom stereocenters. The lowest BCUT2D eigenvalue weighted by Crippen LogP contribution is -1.94. The summed E-state index contributed by atoms with van der Waals surface area (Å²) in [5.41, 5.74) is 2.28. The molecule has 4 nitrogen and oxygen atoms in total. The molecular formula is C17H14N2O2. The lowest BCUT2D eigenvalue weighted by Gasteiger charge is -2.06. The first-order valence-corrected chi connectivity index (χ1v) is 6.42. The Morgan fingerprint density at radius 3 is 2.43 bits per heavy atom. The van der Waals surface area contributed by atoms with Crippen LogP contribution in [0.2, 0.25) is 0 Å². The van der Waals surface area contributed by atoms with Crippen LogP contribution in [-0.4, -0.2) is 0 Å². The monoisotopic (exact) mass is 278 g/mol. The molecule has 0 aliphatic rings. The number of aryl methyl sites for hydroxylation is 2. The Morgan fingerprint density at radius 1 is 1.14 bits per heavy atom. The molecule has 0 aliphatic carbocycles. The van der Waals surface area contributed by atoms with Gasteiger partial charge in [-0.3, -0.25) is 0 Å². The van der Waals surface area contributed by atoms with E-state index in [0.717, 1.165) is 16.9 Å². The van der Waals surface area contributed by atoms with Gasteiger partial charge in [-0.25, -0.2) is 0 Å². The van der Waals surface area contributed by atoms with E-state index in [1.165, 1.54) is 6.08 Å². The summed E-state index contributed by atoms with van der Waals surface area (Å²) in [6.07, 6.45) is 1.40. The third-order valence-corrected chi connectivity index (χ3v) is 2.79. The second-order valence-corrected chi connectivity index (χ2v) is 4.70. The summed E-state index contributed by atoms with van der Waals surface area (Å²) in [7, 11) is 0. The van der Waals surface area contributed by atoms with Gasteiger partial charge in [0.25, 0.3) is 0 Å². The van der Waals surface area contributed by atoms with Crippen molar-refractivity contribution in [3.8, 4) is 17.9 Å². The molecule has 0 saturated heterocycles. The van der Waals surface area contributed by atoms with Crippen molar-refractivity contribution in [2.75, 3.05) is 0 Å². The summed E-state index contributed by atoms with van der Waals surface area (Å²) in [6.45, 7) is 4.33. The predicted octanol–water partition coefficient (Wildman–Crippen LogP) is 3.91. The summed E-state index contributed by atoms with van der Waals surface area (Å²) in [5, 5.41) is 17.4. The number of hydrogen-bond acceptors (Lipinski definition) is 4. The molecule has 1 heterocycles. The lowest BCUT2D eigenvalue weighted by molar-refractivity contribution is 0.269. The molecule has 1 aromatic carbocycles. The van der Waals surface area contributed by atoms with Crippen molar-refractivity contribution in [2.24, 2.45) is 0 Å². The van der Waals surface area contributed by atoms with Crippen LogP contribution in [0.15, 0.2) is 40.3 Å². The van der Waals surface area contributed by atoms with E-state index in [9.17, 15) is 0 Å². The van der Waals surface area contributed by atoms with Gasteiger partial charge in [0.05, 0.1) is 0 Å². The number of nitrogens with zero attached hydrogens (tertiary/aromatic N) is 2. The van der Waals surface area contributed by atoms with E-state index in [4.69, 9.17) is 19.7 Å². The van der Waals surface area contributed by atoms with Crippen molar-refractivity contribution in [1.29, 1.82) is 10.5 Å². The highest BCUT2D eigenvalue weighted by Gasteiger charge is 2.04. The lowest BCUT2D eigenvalue weighted by atomic mass is 10.1. The minimum absolute atomic E-state index is 0.00567. The van der Waals surface area contributed by atoms with Crippen molar-refractivity contribution in [2.45, 2.75) is 20.5 Å². The fourth-order valence-corrected chi connectivity index (χ4v) is 1.95. The fourth-order valence-electron chi connectivity index (χ4n) is 1.95. The SMILES string of the molecule is Cc1cc(C)cc(OCc2ccc(C=C(C#N)C#N)o2)c1. The summed E-state index contributed by atoms with van der Waals surface area (Å²) in [4.78, 5) is 0. The van der Waals surface area contributed by atoms with Crippen LogP contribution < -0.4 is 4.74 Å². The van der Waals surface area contributed by atoms with E-state index >= 15 is 0 Å². The molecule has 0 fully saturated rings. The van der Waals surface area contributed by atoms with Crippen molar-refractivity contribution >= 4 is 6.08 Å². The van der Waals surface area contributed by atoms with Gasteiger partial charge >= 0.3 is 0 Å². The molecule has 0 amide bonds. The van der Waals surface area contributed by atoms with Crippen LogP contribution in [0.25, 0.3) is 6.08 Å². The van der Waals surface area contributed by atoms with E-state index in [1.807, 2.05) is 26.0 Å². The van der Waals surface area contributed by atoms with Crippen LogP contribution >= 0.6 is 0 Å². The number of hydrogen-bond donors (Lipinski definition) is 0. The molecular weight excluding hydrogens is 264 g/mol. The largest absolute Gasteiger partial charge is 0.486 e. The maximum atomic E-state index is 8.69. The maximum Gasteiger partial charge on any atom is 0.146 e. The molecule has 0 N–H and O–H groups in total. The molecule has 0 atom stereocenters. The van der Waals surface area contributed by atoms with Crippen LogP contribution in [0.4, 0.5) is 0 Å². The van der Waals surface area contributed by atoms with Gasteiger partial charge in [-0.2, -0.15) is 10.5 Å². The van der Waals surface area contributed by atoms with Gasteiger partial charge in [-0.15, -0.1) is 0 Å². The summed E-state index contributed by atoms with van der Waals surface area (Å²) in [5.74, 6) is 1.89. The Hall–Kier alpha value is -2.98. The van der Waals surface area contributed by atoms with Crippen LogP contribution in [0.1, 0.15) is 22.6 Å². The average Bonchev–Trinajstić information content (AvgIpc) is 2.89. The van der Waals surface area contributed by atoms with E-state index in [2.05, 4.69) is 6.07 Å². The second-order valence-electron chi connectivity index (χ2n) is 4.70. The third kappa shape index (κ3) is 3.99. The van der Waals surface area contributed by atoms with Crippen LogP contribution in [0, 0.1) is 36.5 Å². The van der Waals surface area contributed by atoms with E-state index in [0.29, 0.717) is 18.1 Å². The summed E-state index contributed by atoms with van der Waals surface area (Å²) < 4.78 is 11.2. The quantitative estimate of drug-likeness (QED) is 0.795. The number of furan rings is 1. The number of allylic oxidation sites excluding steroid dienone is 1. The first-order chi connectivity index (χ1) is 10.1. The Labute approximate surface area is 123 Å². The van der Waals surface area contributed by atoms with Crippen molar-refractivity contribution < 1.29 is 9.15 Å². The smallest absolute Gasteiger partial charge is 0.146 e. The minimum Gasteiger partial charge on any atom is -0.486 e. The maximum absolute atomic E-state index is 8.69. The van der Waals surface area contributed by atoms with Crippen molar-refractivity contribution in [1.82, 2.24) is 0 Å². The zero-order chi connectivity index (χ0) is 15.2. The second kappa shape index (κ2) is 6.45. The zero-order valence-corrected chi connectivity index (χ0v) is 11.9. The first-order valence-electron chi connectivity index (χ1n) is 6.42. The van der Waals surface area contributed by atoms with Crippen LogP contribution in [0.5, 0.6) is 5.75 Å². The minimum atomic E-state index is 0.00567. The third-order valence-electron chi connectivity index (χ3n) is 2.79. The summed E-state index contributed by atoms with van der Waals surface area (Å²) in [6, 6.07) is 13.0. The highest BCUT2D eigenvalue weighted by atomic mass is 16.5. The van der Waals surface area contributed by atoms with Gasteiger partial charge in [0.15, 0.2) is 0 Å². The number of nitriles is 2. The number of rotatable bonds is 4. The first kappa shape index (κ1) is 14.4. The fraction of sp³-hybridized carbons (Fsp3) is 0.176. The molecule has 0 aliphatic heterocycles. The Balaban J connectivity index is 2.05. The molecule has 0 bridgehead atoms. The Kier molecular flexibility index (Phi) is 4.43. The molecule has 0 radical (unpaired) electrons. The molecule has 1 aromatic heterocycles. The summed E-state index contributed by atoms with van der Waals surface area (Å²) >= 11 is 0. The van der Waals surface area contributed by atoms with E-state index < -0.39 is 0 Å². The standard InChI is InChI=1S/C17H14N2O2/c1-12-5-13(2)7-17(6-12)20-11-16-4-3-15(21-16)8-14(9-18)10-19/h3-8H,11H2,1-2H3. The molecule has 2 rings (SSSR count). The predicted molar refractivity (Wildman–Crippen MR) is 78.2 cm³/mol. The van der Waals surface area contributed by atoms with Gasteiger partial charge in [0.1, 0.15) is 41.6 Å². The Morgan fingerprint density at radius 2 is 1.81 bits per heavy atom. The zero-order valence-electron chi connectivity index (χ0n) is 11.9. The molecule has 4 heteroatoms. The van der Waals surface area contributed by atoms with Gasteiger partial charge in [0, 0.05) is 6.08 Å². The van der Waals surface area contributed by atoms with Gasteiger partial charge < -0.3 is 9.15 Å². The van der Waals surface area contributed by atoms with Crippen molar-refractivity contribution in [3.05, 3.63) is 58.6 Å². The van der Waals surface area contributed by atoms with Gasteiger partial charge in [-0.05, 0) is 49.2 Å². The van der Waals surface area contributed by atoms with Gasteiger partial charge in [0.2, 0.25) is 0 Å². The highest BCUT2D eigenvalue weighted by molar-refractivity contribution is 5.58. The average molecular weight is 278 g/mol. The topological polar surface area (TPSA) is 69.9 Å². The molecule has 2 aromatic rings. The van der Waals surface area contributed by atoms with Gasteiger partial charge in [-0.1, -0.05) is 6.07 Å². The Bertz CT molecular complexity index is 722. The molecule has 104 valence electrons. The molecule has 0 spiro atoms. The normalized spacial score (nSPS) is 9.52. The van der Waals surface area contributed by atoms with E-state index in [-0.39, 0.29) is 5.57 Å². The number of ether oxygens (including phenoxy) is 1. The number of benzene rings is 1. The van der Waals surface area contributed by atoms with E-state index in [1.54, 1.807) is 24.3 Å². The van der Waals surface area contributed by atoms with Crippen LogP contribution in [0.3, 0.4) is 0 Å².